The van der Waals surface area contributed by atoms with Gasteiger partial charge in [0.15, 0.2) is 11.5 Å². The number of hydrogen-bond acceptors (Lipinski definition) is 4. The Morgan fingerprint density at radius 1 is 0.962 bits per heavy atom. The molecule has 0 unspecified atom stereocenters. The van der Waals surface area contributed by atoms with Gasteiger partial charge in [0, 0.05) is 38.2 Å². The fraction of sp³-hybridized carbons (Fsp3) is 0.600. The monoisotopic (exact) mass is 362 g/mol. The van der Waals surface area contributed by atoms with Crippen molar-refractivity contribution < 1.29 is 19.1 Å². The first-order valence-electron chi connectivity index (χ1n) is 8.96. The molecule has 0 saturated carbocycles. The van der Waals surface area contributed by atoms with Crippen molar-refractivity contribution in [1.82, 2.24) is 9.80 Å². The molecule has 1 aliphatic rings. The van der Waals surface area contributed by atoms with Crippen LogP contribution in [0, 0.1) is 12.3 Å². The van der Waals surface area contributed by atoms with Crippen molar-refractivity contribution in [3.63, 3.8) is 0 Å². The third-order valence-electron chi connectivity index (χ3n) is 4.56. The van der Waals surface area contributed by atoms with Gasteiger partial charge in [-0.3, -0.25) is 9.59 Å². The van der Waals surface area contributed by atoms with Crippen molar-refractivity contribution in [2.45, 2.75) is 34.1 Å². The highest BCUT2D eigenvalue weighted by Gasteiger charge is 2.28. The lowest BCUT2D eigenvalue weighted by molar-refractivity contribution is -0.134. The van der Waals surface area contributed by atoms with Crippen molar-refractivity contribution in [3.05, 3.63) is 23.3 Å². The van der Waals surface area contributed by atoms with Crippen LogP contribution in [0.5, 0.6) is 11.5 Å². The van der Waals surface area contributed by atoms with Gasteiger partial charge < -0.3 is 19.3 Å². The number of carbonyl (C=O) groups is 2. The van der Waals surface area contributed by atoms with Crippen LogP contribution in [0.1, 0.15) is 43.1 Å². The Balaban J connectivity index is 2.06. The Bertz CT molecular complexity index is 671. The van der Waals surface area contributed by atoms with Crippen LogP contribution in [-0.4, -0.2) is 62.0 Å². The quantitative estimate of drug-likeness (QED) is 0.826. The van der Waals surface area contributed by atoms with Gasteiger partial charge in [-0.05, 0) is 30.0 Å². The number of aryl methyl sites for hydroxylation is 1. The SMILES string of the molecule is COc1cc(C)c(C(=O)N2CCN(C(=O)CC(C)(C)C)CC2)cc1OC. The lowest BCUT2D eigenvalue weighted by atomic mass is 9.91. The summed E-state index contributed by atoms with van der Waals surface area (Å²) in [5.41, 5.74) is 1.43. The maximum Gasteiger partial charge on any atom is 0.254 e. The molecule has 0 radical (unpaired) electrons. The van der Waals surface area contributed by atoms with Gasteiger partial charge in [-0.15, -0.1) is 0 Å². The fourth-order valence-corrected chi connectivity index (χ4v) is 3.11. The fourth-order valence-electron chi connectivity index (χ4n) is 3.11. The molecule has 0 atom stereocenters. The molecular formula is C20H30N2O4. The van der Waals surface area contributed by atoms with Gasteiger partial charge in [-0.2, -0.15) is 0 Å². The largest absolute Gasteiger partial charge is 0.493 e. The average Bonchev–Trinajstić information content (AvgIpc) is 2.59. The number of rotatable bonds is 4. The molecule has 1 fully saturated rings. The van der Waals surface area contributed by atoms with Gasteiger partial charge >= 0.3 is 0 Å². The maximum atomic E-state index is 12.9. The molecule has 0 bridgehead atoms. The Hall–Kier alpha value is -2.24. The summed E-state index contributed by atoms with van der Waals surface area (Å²) in [6.45, 7) is 10.3. The van der Waals surface area contributed by atoms with E-state index in [0.717, 1.165) is 5.56 Å². The van der Waals surface area contributed by atoms with E-state index in [-0.39, 0.29) is 17.2 Å². The first kappa shape index (κ1) is 20.1. The van der Waals surface area contributed by atoms with E-state index in [2.05, 4.69) is 20.8 Å². The average molecular weight is 362 g/mol. The van der Waals surface area contributed by atoms with Crippen LogP contribution in [0.4, 0.5) is 0 Å². The van der Waals surface area contributed by atoms with Crippen molar-refractivity contribution in [2.75, 3.05) is 40.4 Å². The summed E-state index contributed by atoms with van der Waals surface area (Å²) < 4.78 is 10.6. The third kappa shape index (κ3) is 4.68. The normalized spacial score (nSPS) is 15.0. The van der Waals surface area contributed by atoms with Gasteiger partial charge in [0.1, 0.15) is 0 Å². The Morgan fingerprint density at radius 2 is 1.46 bits per heavy atom. The lowest BCUT2D eigenvalue weighted by Crippen LogP contribution is -2.51. The molecular weight excluding hydrogens is 332 g/mol. The number of nitrogens with zero attached hydrogens (tertiary/aromatic N) is 2. The molecule has 1 aliphatic heterocycles. The summed E-state index contributed by atoms with van der Waals surface area (Å²) >= 11 is 0. The molecule has 1 aromatic carbocycles. The van der Waals surface area contributed by atoms with Gasteiger partial charge in [0.2, 0.25) is 5.91 Å². The van der Waals surface area contributed by atoms with Crippen LogP contribution in [0.15, 0.2) is 12.1 Å². The number of piperazine rings is 1. The van der Waals surface area contributed by atoms with Crippen LogP contribution in [0.2, 0.25) is 0 Å². The number of hydrogen-bond donors (Lipinski definition) is 0. The van der Waals surface area contributed by atoms with Crippen LogP contribution in [-0.2, 0) is 4.79 Å². The van der Waals surface area contributed by atoms with E-state index in [0.29, 0.717) is 49.7 Å². The van der Waals surface area contributed by atoms with Crippen molar-refractivity contribution in [1.29, 1.82) is 0 Å². The number of methoxy groups -OCH3 is 2. The number of carbonyl (C=O) groups excluding carboxylic acids is 2. The summed E-state index contributed by atoms with van der Waals surface area (Å²) in [5.74, 6) is 1.28. The molecule has 0 N–H and O–H groups in total. The van der Waals surface area contributed by atoms with Crippen molar-refractivity contribution in [2.24, 2.45) is 5.41 Å². The highest BCUT2D eigenvalue weighted by molar-refractivity contribution is 5.96. The summed E-state index contributed by atoms with van der Waals surface area (Å²) in [4.78, 5) is 28.9. The topological polar surface area (TPSA) is 59.1 Å². The highest BCUT2D eigenvalue weighted by atomic mass is 16.5. The van der Waals surface area contributed by atoms with Crippen molar-refractivity contribution >= 4 is 11.8 Å². The van der Waals surface area contributed by atoms with Crippen molar-refractivity contribution in [3.8, 4) is 11.5 Å². The summed E-state index contributed by atoms with van der Waals surface area (Å²) in [5, 5.41) is 0. The van der Waals surface area contributed by atoms with E-state index in [1.54, 1.807) is 25.2 Å². The Labute approximate surface area is 156 Å². The minimum atomic E-state index is -0.0358. The van der Waals surface area contributed by atoms with E-state index in [9.17, 15) is 9.59 Å². The van der Waals surface area contributed by atoms with Crippen LogP contribution in [0.3, 0.4) is 0 Å². The van der Waals surface area contributed by atoms with E-state index in [4.69, 9.17) is 9.47 Å². The molecule has 2 rings (SSSR count). The molecule has 1 saturated heterocycles. The molecule has 26 heavy (non-hydrogen) atoms. The molecule has 2 amide bonds. The number of ether oxygens (including phenoxy) is 2. The molecule has 6 nitrogen and oxygen atoms in total. The van der Waals surface area contributed by atoms with Gasteiger partial charge in [-0.25, -0.2) is 0 Å². The van der Waals surface area contributed by atoms with Gasteiger partial charge in [0.05, 0.1) is 14.2 Å². The minimum Gasteiger partial charge on any atom is -0.493 e. The van der Waals surface area contributed by atoms with E-state index in [1.807, 2.05) is 17.9 Å². The molecule has 144 valence electrons. The first-order valence-corrected chi connectivity index (χ1v) is 8.96. The van der Waals surface area contributed by atoms with E-state index in [1.165, 1.54) is 0 Å². The molecule has 1 aromatic rings. The highest BCUT2D eigenvalue weighted by Crippen LogP contribution is 2.31. The first-order chi connectivity index (χ1) is 12.2. The Kier molecular flexibility index (Phi) is 6.16. The van der Waals surface area contributed by atoms with Crippen LogP contribution < -0.4 is 9.47 Å². The molecule has 0 aromatic heterocycles. The number of benzene rings is 1. The zero-order chi connectivity index (χ0) is 19.5. The van der Waals surface area contributed by atoms with Gasteiger partial charge in [0.25, 0.3) is 5.91 Å². The predicted molar refractivity (Wildman–Crippen MR) is 101 cm³/mol. The summed E-state index contributed by atoms with van der Waals surface area (Å²) in [6, 6.07) is 3.54. The minimum absolute atomic E-state index is 0.0270. The van der Waals surface area contributed by atoms with Crippen LogP contribution >= 0.6 is 0 Å². The van der Waals surface area contributed by atoms with E-state index < -0.39 is 0 Å². The Morgan fingerprint density at radius 3 is 1.96 bits per heavy atom. The second-order valence-electron chi connectivity index (χ2n) is 7.93. The molecule has 6 heteroatoms. The zero-order valence-corrected chi connectivity index (χ0v) is 16.7. The number of amides is 2. The molecule has 0 spiro atoms. The van der Waals surface area contributed by atoms with Crippen LogP contribution in [0.25, 0.3) is 0 Å². The molecule has 0 aliphatic carbocycles. The zero-order valence-electron chi connectivity index (χ0n) is 16.7. The smallest absolute Gasteiger partial charge is 0.254 e. The summed E-state index contributed by atoms with van der Waals surface area (Å²) in [6.07, 6.45) is 0.524. The second kappa shape index (κ2) is 7.98. The van der Waals surface area contributed by atoms with E-state index >= 15 is 0 Å². The standard InChI is InChI=1S/C20H30N2O4/c1-14-11-16(25-5)17(26-6)12-15(14)19(24)22-9-7-21(8-10-22)18(23)13-20(2,3)4/h11-12H,7-10,13H2,1-6H3. The molecule has 1 heterocycles. The lowest BCUT2D eigenvalue weighted by Gasteiger charge is -2.36. The second-order valence-corrected chi connectivity index (χ2v) is 7.93. The maximum absolute atomic E-state index is 12.9. The third-order valence-corrected chi connectivity index (χ3v) is 4.56. The predicted octanol–water partition coefficient (Wildman–Crippen LogP) is 2.73. The van der Waals surface area contributed by atoms with Gasteiger partial charge in [-0.1, -0.05) is 20.8 Å². The summed E-state index contributed by atoms with van der Waals surface area (Å²) in [7, 11) is 3.13.